The molecule has 3 N–H and O–H groups in total. The molecule has 17 nitrogen and oxygen atoms in total. The first-order chi connectivity index (χ1) is 51.7. The van der Waals surface area contributed by atoms with Gasteiger partial charge in [-0.1, -0.05) is 273 Å². The van der Waals surface area contributed by atoms with E-state index in [-0.39, 0.29) is 25.7 Å². The number of ether oxygens (including phenoxy) is 4. The molecule has 0 fully saturated rings. The minimum absolute atomic E-state index is 0.0263. The van der Waals surface area contributed by atoms with Crippen LogP contribution in [0.5, 0.6) is 0 Å². The summed E-state index contributed by atoms with van der Waals surface area (Å²) >= 11 is 0. The van der Waals surface area contributed by atoms with Crippen molar-refractivity contribution in [1.82, 2.24) is 0 Å². The second-order valence-electron chi connectivity index (χ2n) is 25.5. The fourth-order valence-corrected chi connectivity index (χ4v) is 11.2. The van der Waals surface area contributed by atoms with Crippen LogP contribution in [0, 0.1) is 0 Å². The lowest BCUT2D eigenvalue weighted by molar-refractivity contribution is -0.161. The highest BCUT2D eigenvalue weighted by Gasteiger charge is 2.30. The van der Waals surface area contributed by atoms with Gasteiger partial charge in [0, 0.05) is 25.7 Å². The average Bonchev–Trinajstić information content (AvgIpc) is 0.900. The van der Waals surface area contributed by atoms with Crippen molar-refractivity contribution in [2.75, 3.05) is 39.6 Å². The molecule has 5 atom stereocenters. The van der Waals surface area contributed by atoms with Crippen LogP contribution in [0.15, 0.2) is 194 Å². The molecular formula is C87H138O17P2. The Hall–Kier alpha value is -6.10. The van der Waals surface area contributed by atoms with Crippen molar-refractivity contribution in [3.05, 3.63) is 194 Å². The van der Waals surface area contributed by atoms with E-state index in [1.54, 1.807) is 0 Å². The predicted molar refractivity (Wildman–Crippen MR) is 436 cm³/mol. The number of phosphoric acid groups is 2. The number of unbranched alkanes of at least 4 members (excludes halogenated alkanes) is 14. The summed E-state index contributed by atoms with van der Waals surface area (Å²) in [6, 6.07) is 0. The van der Waals surface area contributed by atoms with E-state index >= 15 is 0 Å². The molecule has 0 rings (SSSR count). The molecule has 0 aliphatic heterocycles. The number of hydrogen-bond acceptors (Lipinski definition) is 15. The number of carbonyl (C=O) groups excluding carboxylic acids is 4. The SMILES string of the molecule is CC/C=C\C/C=C\C/C=C\C/C=C\C/C=C\C/C=C\CCC(=O)OCC(COP(=O)(O)OCC(O)COP(=O)(O)OCC(COC(=O)CCC/C=C\C/C=C\C/C=C\C/C=C\C/C=C\CC)OC(=O)CCCCCC/C=C\C/C=C\C/C=C\C/C=C\CC)OC(=O)CCCCCCC/C=C\CCCCCC. The maximum absolute atomic E-state index is 13.1. The van der Waals surface area contributed by atoms with Crippen LogP contribution in [0.2, 0.25) is 0 Å². The van der Waals surface area contributed by atoms with Crippen LogP contribution in [-0.4, -0.2) is 96.7 Å². The predicted octanol–water partition coefficient (Wildman–Crippen LogP) is 23.3. The molecule has 0 aliphatic rings. The molecule has 0 saturated carbocycles. The van der Waals surface area contributed by atoms with Crippen LogP contribution < -0.4 is 0 Å². The zero-order valence-corrected chi connectivity index (χ0v) is 67.1. The van der Waals surface area contributed by atoms with Crippen molar-refractivity contribution in [2.24, 2.45) is 0 Å². The Morgan fingerprint density at radius 3 is 0.849 bits per heavy atom. The lowest BCUT2D eigenvalue weighted by Gasteiger charge is -2.21. The highest BCUT2D eigenvalue weighted by atomic mass is 31.2. The Morgan fingerprint density at radius 2 is 0.519 bits per heavy atom. The molecule has 0 amide bonds. The first-order valence-corrected chi connectivity index (χ1v) is 42.7. The van der Waals surface area contributed by atoms with Gasteiger partial charge in [0.2, 0.25) is 0 Å². The third kappa shape index (κ3) is 76.1. The Kier molecular flexibility index (Phi) is 72.6. The van der Waals surface area contributed by atoms with Crippen molar-refractivity contribution in [1.29, 1.82) is 0 Å². The zero-order valence-electron chi connectivity index (χ0n) is 65.3. The molecule has 0 radical (unpaired) electrons. The molecule has 0 saturated heterocycles. The summed E-state index contributed by atoms with van der Waals surface area (Å²) in [6.07, 6.45) is 94.4. The van der Waals surface area contributed by atoms with Crippen LogP contribution in [0.1, 0.15) is 272 Å². The van der Waals surface area contributed by atoms with Crippen LogP contribution in [0.25, 0.3) is 0 Å². The summed E-state index contributed by atoms with van der Waals surface area (Å²) in [5.74, 6) is -2.40. The Balaban J connectivity index is 5.52. The molecule has 5 unspecified atom stereocenters. The summed E-state index contributed by atoms with van der Waals surface area (Å²) in [7, 11) is -10.0. The molecule has 0 aromatic rings. The number of rotatable bonds is 72. The first kappa shape index (κ1) is 99.9. The van der Waals surface area contributed by atoms with Gasteiger partial charge in [0.15, 0.2) is 12.2 Å². The van der Waals surface area contributed by atoms with E-state index in [4.69, 9.17) is 37.0 Å². The van der Waals surface area contributed by atoms with Gasteiger partial charge in [-0.15, -0.1) is 0 Å². The van der Waals surface area contributed by atoms with E-state index in [2.05, 4.69) is 192 Å². The molecule has 598 valence electrons. The van der Waals surface area contributed by atoms with E-state index in [9.17, 15) is 43.2 Å². The van der Waals surface area contributed by atoms with Crippen molar-refractivity contribution in [2.45, 2.75) is 290 Å². The Labute approximate surface area is 640 Å². The number of phosphoric ester groups is 2. The standard InChI is InChI=1S/C87H138O17P2/c1-5-9-13-17-21-25-29-33-36-39-40-43-45-49-52-56-60-64-68-72-85(90)97-77-82(103-86(91)73-69-65-61-57-53-47-32-28-24-20-16-12-8-4)79-101-105(93,94)99-75-81(88)76-100-106(95,96)102-80-83(104-87(92)74-70-66-62-58-54-50-46-42-38-35-31-27-23-19-15-11-7-3)78-98-84(89)71-67-63-59-55-51-48-44-41-37-34-30-26-22-18-14-10-6-2/h9-11,13-15,21-23,25-28,32-38,40,43-44,46,48-50,52,55,59-60,64,81-83,88H,5-8,12,16-20,24,29-31,39,41-42,45,47,51,53-54,56-58,61-63,65-80H2,1-4H3,(H,93,94)(H,95,96)/b13-9-,14-10-,15-11-,25-21-,26-22-,27-23-,32-28-,36-33-,37-34-,38-35-,43-40-,48-44-,50-46-,52-49-,59-55-,64-60-. The Morgan fingerprint density at radius 1 is 0.274 bits per heavy atom. The molecule has 0 aromatic carbocycles. The molecule has 0 bridgehead atoms. The fraction of sp³-hybridized carbons (Fsp3) is 0.586. The van der Waals surface area contributed by atoms with Gasteiger partial charge >= 0.3 is 39.5 Å². The molecule has 106 heavy (non-hydrogen) atoms. The summed E-state index contributed by atoms with van der Waals surface area (Å²) in [5.41, 5.74) is 0. The molecule has 0 spiro atoms. The third-order valence-corrected chi connectivity index (χ3v) is 17.4. The summed E-state index contributed by atoms with van der Waals surface area (Å²) in [4.78, 5) is 73.0. The van der Waals surface area contributed by atoms with E-state index in [1.807, 2.05) is 30.4 Å². The van der Waals surface area contributed by atoms with Gasteiger partial charge in [-0.25, -0.2) is 9.13 Å². The number of esters is 4. The van der Waals surface area contributed by atoms with E-state index in [1.165, 1.54) is 25.7 Å². The lowest BCUT2D eigenvalue weighted by Crippen LogP contribution is -2.30. The van der Waals surface area contributed by atoms with Crippen molar-refractivity contribution >= 4 is 39.5 Å². The van der Waals surface area contributed by atoms with Crippen LogP contribution in [-0.2, 0) is 65.4 Å². The van der Waals surface area contributed by atoms with E-state index in [0.717, 1.165) is 154 Å². The van der Waals surface area contributed by atoms with Gasteiger partial charge in [0.1, 0.15) is 19.3 Å². The first-order valence-electron chi connectivity index (χ1n) is 39.7. The van der Waals surface area contributed by atoms with Gasteiger partial charge in [-0.05, 0) is 167 Å². The number of aliphatic hydroxyl groups is 1. The topological polar surface area (TPSA) is 237 Å². The number of allylic oxidation sites excluding steroid dienone is 32. The fourth-order valence-electron chi connectivity index (χ4n) is 9.62. The van der Waals surface area contributed by atoms with Crippen molar-refractivity contribution in [3.63, 3.8) is 0 Å². The lowest BCUT2D eigenvalue weighted by atomic mass is 10.1. The highest BCUT2D eigenvalue weighted by molar-refractivity contribution is 7.47. The second-order valence-corrected chi connectivity index (χ2v) is 28.4. The van der Waals surface area contributed by atoms with Crippen LogP contribution >= 0.6 is 15.6 Å². The van der Waals surface area contributed by atoms with Gasteiger partial charge < -0.3 is 33.8 Å². The molecule has 0 aromatic heterocycles. The van der Waals surface area contributed by atoms with Crippen molar-refractivity contribution < 1.29 is 80.2 Å². The maximum atomic E-state index is 13.1. The minimum Gasteiger partial charge on any atom is -0.462 e. The van der Waals surface area contributed by atoms with Gasteiger partial charge in [0.05, 0.1) is 26.4 Å². The number of aliphatic hydroxyl groups excluding tert-OH is 1. The average molecular weight is 1520 g/mol. The maximum Gasteiger partial charge on any atom is 0.472 e. The van der Waals surface area contributed by atoms with Gasteiger partial charge in [-0.3, -0.25) is 37.3 Å². The molecule has 0 heterocycles. The monoisotopic (exact) mass is 1520 g/mol. The van der Waals surface area contributed by atoms with Crippen molar-refractivity contribution in [3.8, 4) is 0 Å². The summed E-state index contributed by atoms with van der Waals surface area (Å²) in [6.45, 7) is 4.30. The third-order valence-electron chi connectivity index (χ3n) is 15.5. The largest absolute Gasteiger partial charge is 0.472 e. The Bertz CT molecular complexity index is 2780. The number of hydrogen-bond donors (Lipinski definition) is 3. The molecular weight excluding hydrogens is 1380 g/mol. The van der Waals surface area contributed by atoms with Crippen LogP contribution in [0.4, 0.5) is 0 Å². The van der Waals surface area contributed by atoms with Crippen LogP contribution in [0.3, 0.4) is 0 Å². The minimum atomic E-state index is -5.01. The highest BCUT2D eigenvalue weighted by Crippen LogP contribution is 2.45. The molecule has 19 heteroatoms. The normalized spacial score (nSPS) is 14.9. The second kappa shape index (κ2) is 77.1. The van der Waals surface area contributed by atoms with Gasteiger partial charge in [-0.2, -0.15) is 0 Å². The summed E-state index contributed by atoms with van der Waals surface area (Å²) < 4.78 is 68.4. The zero-order chi connectivity index (χ0) is 77.4. The van der Waals surface area contributed by atoms with E-state index < -0.39 is 97.5 Å². The molecule has 0 aliphatic carbocycles. The summed E-state index contributed by atoms with van der Waals surface area (Å²) in [5, 5.41) is 10.6. The smallest absolute Gasteiger partial charge is 0.462 e. The quantitative estimate of drug-likeness (QED) is 0.0169. The van der Waals surface area contributed by atoms with E-state index in [0.29, 0.717) is 38.5 Å². The van der Waals surface area contributed by atoms with Gasteiger partial charge in [0.25, 0.3) is 0 Å². The number of carbonyl (C=O) groups is 4.